The molecular formula is C13H18O5. The molecule has 0 fully saturated rings. The molecule has 0 saturated carbocycles. The van der Waals surface area contributed by atoms with Crippen molar-refractivity contribution in [2.24, 2.45) is 0 Å². The maximum atomic E-state index is 10.9. The van der Waals surface area contributed by atoms with Gasteiger partial charge in [-0.05, 0) is 24.1 Å². The van der Waals surface area contributed by atoms with Gasteiger partial charge < -0.3 is 19.3 Å². The lowest BCUT2D eigenvalue weighted by molar-refractivity contribution is -0.140. The van der Waals surface area contributed by atoms with E-state index in [0.717, 1.165) is 5.56 Å². The second kappa shape index (κ2) is 7.55. The predicted molar refractivity (Wildman–Crippen MR) is 65.7 cm³/mol. The van der Waals surface area contributed by atoms with Crippen LogP contribution in [0, 0.1) is 0 Å². The third-order valence-electron chi connectivity index (χ3n) is 2.42. The summed E-state index contributed by atoms with van der Waals surface area (Å²) in [6.45, 7) is 0.336. The van der Waals surface area contributed by atoms with Crippen LogP contribution >= 0.6 is 0 Å². The zero-order chi connectivity index (χ0) is 13.4. The number of aliphatic hydroxyl groups is 1. The van der Waals surface area contributed by atoms with Crippen molar-refractivity contribution in [2.45, 2.75) is 19.4 Å². The maximum Gasteiger partial charge on any atom is 0.305 e. The Balaban J connectivity index is 2.52. The normalized spacial score (nSPS) is 9.94. The number of benzene rings is 1. The molecule has 0 saturated heterocycles. The second-order valence-electron chi connectivity index (χ2n) is 3.67. The van der Waals surface area contributed by atoms with E-state index in [2.05, 4.69) is 4.74 Å². The Morgan fingerprint density at radius 3 is 2.67 bits per heavy atom. The van der Waals surface area contributed by atoms with Gasteiger partial charge in [0.2, 0.25) is 0 Å². The molecule has 18 heavy (non-hydrogen) atoms. The molecule has 0 aliphatic heterocycles. The number of rotatable bonds is 7. The molecule has 0 amide bonds. The Labute approximate surface area is 106 Å². The number of hydrogen-bond acceptors (Lipinski definition) is 5. The van der Waals surface area contributed by atoms with Crippen molar-refractivity contribution in [3.63, 3.8) is 0 Å². The summed E-state index contributed by atoms with van der Waals surface area (Å²) in [4.78, 5) is 10.9. The summed E-state index contributed by atoms with van der Waals surface area (Å²) >= 11 is 0. The van der Waals surface area contributed by atoms with E-state index in [4.69, 9.17) is 14.6 Å². The van der Waals surface area contributed by atoms with Gasteiger partial charge in [0.05, 0.1) is 27.4 Å². The molecule has 5 heteroatoms. The molecule has 0 bridgehead atoms. The van der Waals surface area contributed by atoms with Crippen molar-refractivity contribution in [3.8, 4) is 11.5 Å². The van der Waals surface area contributed by atoms with Crippen molar-refractivity contribution in [3.05, 3.63) is 23.8 Å². The van der Waals surface area contributed by atoms with Crippen LogP contribution in [0.2, 0.25) is 0 Å². The standard InChI is InChI=1S/C13H18O5/c1-16-11-6-5-10(9-14)8-12(11)18-7-3-4-13(15)17-2/h5-6,8,14H,3-4,7,9H2,1-2H3. The Morgan fingerprint density at radius 1 is 1.28 bits per heavy atom. The fraction of sp³-hybridized carbons (Fsp3) is 0.462. The van der Waals surface area contributed by atoms with Crippen LogP contribution in [0.1, 0.15) is 18.4 Å². The second-order valence-corrected chi connectivity index (χ2v) is 3.67. The molecule has 0 aliphatic rings. The summed E-state index contributed by atoms with van der Waals surface area (Å²) in [7, 11) is 2.91. The molecule has 0 aliphatic carbocycles. The van der Waals surface area contributed by atoms with Gasteiger partial charge in [-0.3, -0.25) is 4.79 Å². The molecular weight excluding hydrogens is 236 g/mol. The topological polar surface area (TPSA) is 65.0 Å². The first-order valence-electron chi connectivity index (χ1n) is 5.68. The summed E-state index contributed by atoms with van der Waals surface area (Å²) in [5.74, 6) is 0.911. The van der Waals surface area contributed by atoms with Gasteiger partial charge in [-0.2, -0.15) is 0 Å². The van der Waals surface area contributed by atoms with Crippen molar-refractivity contribution < 1.29 is 24.1 Å². The van der Waals surface area contributed by atoms with E-state index < -0.39 is 0 Å². The van der Waals surface area contributed by atoms with Crippen molar-refractivity contribution >= 4 is 5.97 Å². The van der Waals surface area contributed by atoms with Gasteiger partial charge in [0.25, 0.3) is 0 Å². The van der Waals surface area contributed by atoms with E-state index in [1.54, 1.807) is 25.3 Å². The number of esters is 1. The van der Waals surface area contributed by atoms with Crippen LogP contribution in [0.15, 0.2) is 18.2 Å². The van der Waals surface area contributed by atoms with Gasteiger partial charge in [-0.1, -0.05) is 6.07 Å². The maximum absolute atomic E-state index is 10.9. The van der Waals surface area contributed by atoms with E-state index in [-0.39, 0.29) is 12.6 Å². The van der Waals surface area contributed by atoms with Crippen LogP contribution in [0.25, 0.3) is 0 Å². The number of carbonyl (C=O) groups is 1. The summed E-state index contributed by atoms with van der Waals surface area (Å²) in [6, 6.07) is 5.22. The van der Waals surface area contributed by atoms with Crippen LogP contribution in [0.5, 0.6) is 11.5 Å². The van der Waals surface area contributed by atoms with E-state index in [9.17, 15) is 4.79 Å². The van der Waals surface area contributed by atoms with Crippen LogP contribution in [0.3, 0.4) is 0 Å². The SMILES string of the molecule is COC(=O)CCCOc1cc(CO)ccc1OC. The van der Waals surface area contributed by atoms with Crippen molar-refractivity contribution in [2.75, 3.05) is 20.8 Å². The minimum atomic E-state index is -0.255. The molecule has 0 unspecified atom stereocenters. The molecule has 5 nitrogen and oxygen atoms in total. The minimum Gasteiger partial charge on any atom is -0.493 e. The number of hydrogen-bond donors (Lipinski definition) is 1. The smallest absolute Gasteiger partial charge is 0.305 e. The highest BCUT2D eigenvalue weighted by Gasteiger charge is 2.06. The van der Waals surface area contributed by atoms with E-state index in [1.165, 1.54) is 7.11 Å². The molecule has 0 radical (unpaired) electrons. The molecule has 1 N–H and O–H groups in total. The highest BCUT2D eigenvalue weighted by molar-refractivity contribution is 5.69. The van der Waals surface area contributed by atoms with Crippen LogP contribution in [-0.4, -0.2) is 31.9 Å². The Morgan fingerprint density at radius 2 is 2.06 bits per heavy atom. The Kier molecular flexibility index (Phi) is 6.00. The van der Waals surface area contributed by atoms with Gasteiger partial charge >= 0.3 is 5.97 Å². The van der Waals surface area contributed by atoms with E-state index in [1.807, 2.05) is 0 Å². The van der Waals surface area contributed by atoms with Gasteiger partial charge in [0.1, 0.15) is 0 Å². The molecule has 0 atom stereocenters. The lowest BCUT2D eigenvalue weighted by atomic mass is 10.2. The molecule has 0 heterocycles. The molecule has 1 rings (SSSR count). The molecule has 0 spiro atoms. The highest BCUT2D eigenvalue weighted by Crippen LogP contribution is 2.28. The summed E-state index contributed by atoms with van der Waals surface area (Å²) in [5.41, 5.74) is 0.749. The third-order valence-corrected chi connectivity index (χ3v) is 2.42. The molecule has 0 aromatic heterocycles. The molecule has 100 valence electrons. The monoisotopic (exact) mass is 254 g/mol. The number of aliphatic hydroxyl groups excluding tert-OH is 1. The first-order valence-corrected chi connectivity index (χ1v) is 5.68. The fourth-order valence-corrected chi connectivity index (χ4v) is 1.43. The number of ether oxygens (including phenoxy) is 3. The highest BCUT2D eigenvalue weighted by atomic mass is 16.5. The lowest BCUT2D eigenvalue weighted by Gasteiger charge is -2.11. The first kappa shape index (κ1) is 14.3. The Bertz CT molecular complexity index is 389. The quantitative estimate of drug-likeness (QED) is 0.590. The first-order chi connectivity index (χ1) is 8.71. The molecule has 1 aromatic carbocycles. The van der Waals surface area contributed by atoms with Gasteiger partial charge in [-0.15, -0.1) is 0 Å². The molecule has 1 aromatic rings. The summed E-state index contributed by atoms with van der Waals surface area (Å²) in [6.07, 6.45) is 0.887. The van der Waals surface area contributed by atoms with Crippen molar-refractivity contribution in [1.29, 1.82) is 0 Å². The average molecular weight is 254 g/mol. The van der Waals surface area contributed by atoms with Crippen LogP contribution in [-0.2, 0) is 16.1 Å². The number of carbonyl (C=O) groups excluding carboxylic acids is 1. The summed E-state index contributed by atoms with van der Waals surface area (Å²) in [5, 5.41) is 9.04. The lowest BCUT2D eigenvalue weighted by Crippen LogP contribution is -2.05. The van der Waals surface area contributed by atoms with Gasteiger partial charge in [-0.25, -0.2) is 0 Å². The summed E-state index contributed by atoms with van der Waals surface area (Å²) < 4.78 is 15.2. The van der Waals surface area contributed by atoms with Crippen LogP contribution < -0.4 is 9.47 Å². The van der Waals surface area contributed by atoms with E-state index >= 15 is 0 Å². The fourth-order valence-electron chi connectivity index (χ4n) is 1.43. The number of methoxy groups -OCH3 is 2. The Hall–Kier alpha value is -1.75. The predicted octanol–water partition coefficient (Wildman–Crippen LogP) is 1.52. The largest absolute Gasteiger partial charge is 0.493 e. The van der Waals surface area contributed by atoms with Gasteiger partial charge in [0, 0.05) is 6.42 Å². The zero-order valence-corrected chi connectivity index (χ0v) is 10.6. The average Bonchev–Trinajstić information content (AvgIpc) is 2.42. The van der Waals surface area contributed by atoms with Gasteiger partial charge in [0.15, 0.2) is 11.5 Å². The zero-order valence-electron chi connectivity index (χ0n) is 10.6. The minimum absolute atomic E-state index is 0.0531. The van der Waals surface area contributed by atoms with E-state index in [0.29, 0.717) is 30.9 Å². The third kappa shape index (κ3) is 4.25. The van der Waals surface area contributed by atoms with Crippen LogP contribution in [0.4, 0.5) is 0 Å². The van der Waals surface area contributed by atoms with Crippen molar-refractivity contribution in [1.82, 2.24) is 0 Å².